The lowest BCUT2D eigenvalue weighted by Gasteiger charge is -2.28. The monoisotopic (exact) mass is 654 g/mol. The number of nitro groups is 2. The SMILES string of the molecule is O=C(O)[C@H](CCNCCN1C(=O)c2cccc3cc([N+](=O)[O-])cc(c23)C1=O)NCCN1C(=O)c2cccc3cc([N+](=O)[O-])cc(c23)C1=O. The quantitative estimate of drug-likeness (QED) is 0.0819. The first-order chi connectivity index (χ1) is 23.0. The van der Waals surface area contributed by atoms with Crippen LogP contribution in [-0.2, 0) is 4.79 Å². The van der Waals surface area contributed by atoms with Crippen LogP contribution < -0.4 is 10.6 Å². The topological polar surface area (TPSA) is 222 Å². The molecule has 4 amide bonds. The molecule has 6 rings (SSSR count). The molecule has 4 aromatic rings. The molecule has 0 bridgehead atoms. The molecule has 0 aliphatic carbocycles. The maximum atomic E-state index is 13.2. The van der Waals surface area contributed by atoms with Crippen LogP contribution in [0.4, 0.5) is 11.4 Å². The van der Waals surface area contributed by atoms with Crippen molar-refractivity contribution >= 4 is 62.5 Å². The average molecular weight is 655 g/mol. The minimum atomic E-state index is -1.19. The van der Waals surface area contributed by atoms with Gasteiger partial charge in [-0.2, -0.15) is 0 Å². The van der Waals surface area contributed by atoms with Gasteiger partial charge in [0.1, 0.15) is 6.04 Å². The van der Waals surface area contributed by atoms with Gasteiger partial charge in [-0.05, 0) is 35.9 Å². The van der Waals surface area contributed by atoms with Gasteiger partial charge in [0.15, 0.2) is 0 Å². The van der Waals surface area contributed by atoms with Crippen LogP contribution >= 0.6 is 0 Å². The maximum Gasteiger partial charge on any atom is 0.320 e. The van der Waals surface area contributed by atoms with Crippen molar-refractivity contribution in [2.45, 2.75) is 12.5 Å². The summed E-state index contributed by atoms with van der Waals surface area (Å²) in [7, 11) is 0. The van der Waals surface area contributed by atoms with Gasteiger partial charge in [0, 0.05) is 72.3 Å². The van der Waals surface area contributed by atoms with Crippen LogP contribution in [0.5, 0.6) is 0 Å². The van der Waals surface area contributed by atoms with Gasteiger partial charge in [-0.1, -0.05) is 24.3 Å². The van der Waals surface area contributed by atoms with Crippen LogP contribution in [0.25, 0.3) is 21.5 Å². The number of amides is 4. The molecular formula is C32H26N6O10. The fourth-order valence-electron chi connectivity index (χ4n) is 6.13. The van der Waals surface area contributed by atoms with E-state index < -0.39 is 45.5 Å². The van der Waals surface area contributed by atoms with Crippen LogP contribution in [0, 0.1) is 20.2 Å². The summed E-state index contributed by atoms with van der Waals surface area (Å²) >= 11 is 0. The minimum absolute atomic E-state index is 0.0115. The highest BCUT2D eigenvalue weighted by atomic mass is 16.6. The number of non-ortho nitro benzene ring substituents is 2. The Morgan fingerprint density at radius 1 is 0.688 bits per heavy atom. The number of carbonyl (C=O) groups is 5. The number of aliphatic carboxylic acids is 1. The summed E-state index contributed by atoms with van der Waals surface area (Å²) < 4.78 is 0. The molecule has 0 unspecified atom stereocenters. The second kappa shape index (κ2) is 12.6. The van der Waals surface area contributed by atoms with Crippen molar-refractivity contribution in [1.29, 1.82) is 0 Å². The Kier molecular flexibility index (Phi) is 8.34. The van der Waals surface area contributed by atoms with E-state index in [4.69, 9.17) is 0 Å². The molecule has 0 spiro atoms. The maximum absolute atomic E-state index is 13.2. The normalized spacial score (nSPS) is 14.6. The molecule has 244 valence electrons. The zero-order chi connectivity index (χ0) is 34.3. The van der Waals surface area contributed by atoms with E-state index in [-0.39, 0.29) is 72.8 Å². The van der Waals surface area contributed by atoms with E-state index in [0.29, 0.717) is 21.5 Å². The largest absolute Gasteiger partial charge is 0.480 e. The molecule has 16 heteroatoms. The van der Waals surface area contributed by atoms with Crippen LogP contribution in [0.2, 0.25) is 0 Å². The van der Waals surface area contributed by atoms with Crippen molar-refractivity contribution in [3.63, 3.8) is 0 Å². The Bertz CT molecular complexity index is 2100. The fraction of sp³-hybridized carbons (Fsp3) is 0.219. The third-order valence-electron chi connectivity index (χ3n) is 8.39. The second-order valence-corrected chi connectivity index (χ2v) is 11.2. The van der Waals surface area contributed by atoms with Crippen LogP contribution in [-0.4, -0.2) is 93.1 Å². The van der Waals surface area contributed by atoms with E-state index >= 15 is 0 Å². The highest BCUT2D eigenvalue weighted by molar-refractivity contribution is 6.26. The molecule has 1 atom stereocenters. The van der Waals surface area contributed by atoms with Gasteiger partial charge in [0.25, 0.3) is 35.0 Å². The van der Waals surface area contributed by atoms with Gasteiger partial charge in [-0.15, -0.1) is 0 Å². The van der Waals surface area contributed by atoms with Gasteiger partial charge in [-0.25, -0.2) is 0 Å². The zero-order valence-corrected chi connectivity index (χ0v) is 25.0. The van der Waals surface area contributed by atoms with Crippen molar-refractivity contribution in [2.75, 3.05) is 32.7 Å². The fourth-order valence-corrected chi connectivity index (χ4v) is 6.13. The first kappa shape index (κ1) is 31.8. The number of nitrogens with one attached hydrogen (secondary N) is 2. The summed E-state index contributed by atoms with van der Waals surface area (Å²) in [6.07, 6.45) is 0.0573. The predicted octanol–water partition coefficient (Wildman–Crippen LogP) is 2.72. The number of nitrogens with zero attached hydrogens (tertiary/aromatic N) is 4. The molecular weight excluding hydrogens is 628 g/mol. The lowest BCUT2D eigenvalue weighted by molar-refractivity contribution is -0.384. The van der Waals surface area contributed by atoms with E-state index in [1.54, 1.807) is 30.3 Å². The summed E-state index contributed by atoms with van der Waals surface area (Å²) in [6, 6.07) is 13.2. The Morgan fingerprint density at radius 2 is 1.15 bits per heavy atom. The molecule has 0 saturated heterocycles. The summed E-state index contributed by atoms with van der Waals surface area (Å²) in [5, 5.41) is 39.8. The lowest BCUT2D eigenvalue weighted by Crippen LogP contribution is -2.47. The summed E-state index contributed by atoms with van der Waals surface area (Å²) in [4.78, 5) is 88.2. The lowest BCUT2D eigenvalue weighted by atomic mass is 9.93. The molecule has 2 aliphatic heterocycles. The molecule has 0 radical (unpaired) electrons. The average Bonchev–Trinajstić information content (AvgIpc) is 3.06. The van der Waals surface area contributed by atoms with E-state index in [1.165, 1.54) is 18.2 Å². The molecule has 0 saturated carbocycles. The van der Waals surface area contributed by atoms with Gasteiger partial charge in [-0.3, -0.25) is 54.0 Å². The number of rotatable bonds is 13. The molecule has 2 heterocycles. The van der Waals surface area contributed by atoms with Crippen molar-refractivity contribution in [3.05, 3.63) is 103 Å². The molecule has 4 aromatic carbocycles. The smallest absolute Gasteiger partial charge is 0.320 e. The Morgan fingerprint density at radius 3 is 1.60 bits per heavy atom. The van der Waals surface area contributed by atoms with Crippen LogP contribution in [0.3, 0.4) is 0 Å². The van der Waals surface area contributed by atoms with Crippen molar-refractivity contribution in [1.82, 2.24) is 20.4 Å². The Labute approximate surface area is 270 Å². The van der Waals surface area contributed by atoms with E-state index in [1.807, 2.05) is 0 Å². The van der Waals surface area contributed by atoms with Crippen molar-refractivity contribution in [3.8, 4) is 0 Å². The van der Waals surface area contributed by atoms with Crippen LogP contribution in [0.1, 0.15) is 47.9 Å². The van der Waals surface area contributed by atoms with Gasteiger partial charge in [0.2, 0.25) is 0 Å². The van der Waals surface area contributed by atoms with E-state index in [0.717, 1.165) is 21.9 Å². The van der Waals surface area contributed by atoms with Gasteiger partial charge >= 0.3 is 5.97 Å². The number of carboxylic acid groups (broad SMARTS) is 1. The molecule has 2 aliphatic rings. The Balaban J connectivity index is 1.04. The van der Waals surface area contributed by atoms with Crippen molar-refractivity contribution < 1.29 is 38.9 Å². The molecule has 0 fully saturated rings. The number of carboxylic acids is 1. The molecule has 48 heavy (non-hydrogen) atoms. The zero-order valence-electron chi connectivity index (χ0n) is 25.0. The second-order valence-electron chi connectivity index (χ2n) is 11.2. The van der Waals surface area contributed by atoms with Crippen molar-refractivity contribution in [2.24, 2.45) is 0 Å². The minimum Gasteiger partial charge on any atom is -0.480 e. The molecule has 0 aromatic heterocycles. The molecule has 16 nitrogen and oxygen atoms in total. The van der Waals surface area contributed by atoms with Gasteiger partial charge in [0.05, 0.1) is 21.0 Å². The predicted molar refractivity (Wildman–Crippen MR) is 169 cm³/mol. The van der Waals surface area contributed by atoms with Gasteiger partial charge < -0.3 is 15.7 Å². The van der Waals surface area contributed by atoms with E-state index in [2.05, 4.69) is 10.6 Å². The number of hydrogen-bond donors (Lipinski definition) is 3. The van der Waals surface area contributed by atoms with Crippen LogP contribution in [0.15, 0.2) is 60.7 Å². The number of hydrogen-bond acceptors (Lipinski definition) is 11. The highest BCUT2D eigenvalue weighted by Crippen LogP contribution is 2.34. The number of nitro benzene ring substituents is 2. The number of carbonyl (C=O) groups excluding carboxylic acids is 4. The summed E-state index contributed by atoms with van der Waals surface area (Å²) in [6.45, 7) is -0.0924. The van der Waals surface area contributed by atoms with E-state index in [9.17, 15) is 49.3 Å². The molecule has 3 N–H and O–H groups in total. The third kappa shape index (κ3) is 5.58. The third-order valence-corrected chi connectivity index (χ3v) is 8.39. The number of benzene rings is 4. The first-order valence-electron chi connectivity index (χ1n) is 14.8. The standard InChI is InChI=1S/C32H26N6O10/c39-28-21-5-1-3-17-13-19(37(45)46)15-23(26(17)21)30(41)35(28)11-9-33-8-7-25(32(43)44)34-10-12-36-29(40)22-6-2-4-18-14-20(38(47)48)16-24(27(18)22)31(36)42/h1-6,13-16,25,33-34H,7-12H2,(H,43,44)/t25-/m0/s1. The Hall–Kier alpha value is -6.13. The summed E-state index contributed by atoms with van der Waals surface area (Å²) in [5.41, 5.74) is -0.0563. The first-order valence-corrected chi connectivity index (χ1v) is 14.8. The number of imide groups is 2. The highest BCUT2D eigenvalue weighted by Gasteiger charge is 2.35. The summed E-state index contributed by atoms with van der Waals surface area (Å²) in [5.74, 6) is -3.73.